The van der Waals surface area contributed by atoms with E-state index in [1.807, 2.05) is 18.2 Å². The molecule has 1 aliphatic rings. The second-order valence-corrected chi connectivity index (χ2v) is 12.5. The van der Waals surface area contributed by atoms with Gasteiger partial charge in [-0.3, -0.25) is 0 Å². The van der Waals surface area contributed by atoms with Crippen LogP contribution in [0.5, 0.6) is 0 Å². The van der Waals surface area contributed by atoms with E-state index in [-0.39, 0.29) is 6.04 Å². The average Bonchev–Trinajstić information content (AvgIpc) is 3.19. The number of benzene rings is 7. The van der Waals surface area contributed by atoms with Crippen LogP contribution in [-0.2, 0) is 0 Å². The molecule has 0 aromatic heterocycles. The highest BCUT2D eigenvalue weighted by atomic mass is 15.0. The predicted octanol–water partition coefficient (Wildman–Crippen LogP) is 11.7. The Hall–Kier alpha value is -6.58. The summed E-state index contributed by atoms with van der Waals surface area (Å²) in [6, 6.07) is 55.7. The number of aliphatic imine (C=N–C) groups is 1. The molecule has 7 aromatic rings. The fraction of sp³-hybridized carbons (Fsp3) is 0.0213. The molecule has 0 bridgehead atoms. The lowest BCUT2D eigenvalue weighted by Gasteiger charge is -2.25. The number of fused-ring (bicyclic) bond motifs is 2. The second-order valence-electron chi connectivity index (χ2n) is 12.5. The topological polar surface area (TPSA) is 48.2 Å². The normalized spacial score (nSPS) is 14.5. The molecule has 0 saturated heterocycles. The molecule has 50 heavy (non-hydrogen) atoms. The van der Waals surface area contributed by atoms with E-state index in [0.29, 0.717) is 0 Å². The van der Waals surface area contributed by atoms with Gasteiger partial charge in [-0.05, 0) is 78.2 Å². The molecule has 1 heterocycles. The van der Waals surface area contributed by atoms with Crippen molar-refractivity contribution in [3.63, 3.8) is 0 Å². The molecule has 3 nitrogen and oxygen atoms in total. The van der Waals surface area contributed by atoms with Crippen LogP contribution in [0.15, 0.2) is 188 Å². The zero-order valence-electron chi connectivity index (χ0n) is 27.6. The van der Waals surface area contributed by atoms with Crippen molar-refractivity contribution in [1.82, 2.24) is 5.32 Å². The SMILES string of the molecule is C=C/C=C(\C=N)c1ccc(C2=CC(c3ccc(-c4cccc5ccccc45)cc3)NC(c3cccc(-c4cccc5ccccc45)c3)=N2)cc1. The summed E-state index contributed by atoms with van der Waals surface area (Å²) in [4.78, 5) is 5.22. The summed E-state index contributed by atoms with van der Waals surface area (Å²) >= 11 is 0. The number of hydrogen-bond acceptors (Lipinski definition) is 3. The van der Waals surface area contributed by atoms with Gasteiger partial charge >= 0.3 is 0 Å². The molecule has 238 valence electrons. The summed E-state index contributed by atoms with van der Waals surface area (Å²) in [5.41, 5.74) is 10.6. The zero-order valence-corrected chi connectivity index (χ0v) is 27.6. The largest absolute Gasteiger partial charge is 0.359 e. The van der Waals surface area contributed by atoms with Crippen LogP contribution in [0.25, 0.3) is 55.1 Å². The Kier molecular flexibility index (Phi) is 8.30. The van der Waals surface area contributed by atoms with Crippen LogP contribution in [0.3, 0.4) is 0 Å². The van der Waals surface area contributed by atoms with Gasteiger partial charge in [-0.25, -0.2) is 4.99 Å². The minimum atomic E-state index is -0.0993. The van der Waals surface area contributed by atoms with Crippen LogP contribution >= 0.6 is 0 Å². The lowest BCUT2D eigenvalue weighted by molar-refractivity contribution is 0.781. The Morgan fingerprint density at radius 1 is 0.600 bits per heavy atom. The Morgan fingerprint density at radius 2 is 1.18 bits per heavy atom. The Balaban J connectivity index is 1.19. The molecule has 0 fully saturated rings. The maximum atomic E-state index is 7.84. The number of allylic oxidation sites excluding steroid dienone is 3. The van der Waals surface area contributed by atoms with Gasteiger partial charge < -0.3 is 10.7 Å². The van der Waals surface area contributed by atoms with Gasteiger partial charge in [0.1, 0.15) is 5.84 Å². The number of rotatable bonds is 8. The summed E-state index contributed by atoms with van der Waals surface area (Å²) < 4.78 is 0. The van der Waals surface area contributed by atoms with Crippen LogP contribution in [-0.4, -0.2) is 12.1 Å². The third kappa shape index (κ3) is 5.98. The lowest BCUT2D eigenvalue weighted by Crippen LogP contribution is -2.31. The quantitative estimate of drug-likeness (QED) is 0.126. The summed E-state index contributed by atoms with van der Waals surface area (Å²) in [5, 5.41) is 16.5. The van der Waals surface area contributed by atoms with Crippen molar-refractivity contribution in [3.8, 4) is 22.3 Å². The van der Waals surface area contributed by atoms with Gasteiger partial charge in [-0.15, -0.1) is 0 Å². The molecule has 3 heteroatoms. The first kappa shape index (κ1) is 30.7. The number of nitrogens with one attached hydrogen (secondary N) is 2. The Labute approximate surface area is 292 Å². The van der Waals surface area contributed by atoms with Gasteiger partial charge in [-0.1, -0.05) is 170 Å². The van der Waals surface area contributed by atoms with Gasteiger partial charge in [0.25, 0.3) is 0 Å². The fourth-order valence-electron chi connectivity index (χ4n) is 6.87. The molecule has 2 N–H and O–H groups in total. The van der Waals surface area contributed by atoms with Crippen molar-refractivity contribution >= 4 is 44.9 Å². The highest BCUT2D eigenvalue weighted by Gasteiger charge is 2.21. The molecule has 1 atom stereocenters. The number of amidine groups is 1. The maximum Gasteiger partial charge on any atom is 0.134 e. The van der Waals surface area contributed by atoms with Gasteiger partial charge in [0, 0.05) is 11.8 Å². The Morgan fingerprint density at radius 3 is 1.84 bits per heavy atom. The molecule has 0 amide bonds. The fourth-order valence-corrected chi connectivity index (χ4v) is 6.87. The molecule has 1 aliphatic heterocycles. The van der Waals surface area contributed by atoms with Crippen molar-refractivity contribution in [3.05, 3.63) is 205 Å². The van der Waals surface area contributed by atoms with E-state index >= 15 is 0 Å². The molecule has 8 rings (SSSR count). The van der Waals surface area contributed by atoms with Crippen LogP contribution in [0.2, 0.25) is 0 Å². The van der Waals surface area contributed by atoms with Crippen molar-refractivity contribution in [2.75, 3.05) is 0 Å². The number of nitrogens with zero attached hydrogens (tertiary/aromatic N) is 1. The molecule has 0 spiro atoms. The van der Waals surface area contributed by atoms with E-state index < -0.39 is 0 Å². The minimum absolute atomic E-state index is 0.0993. The molecule has 0 radical (unpaired) electrons. The van der Waals surface area contributed by atoms with Crippen LogP contribution in [0.4, 0.5) is 0 Å². The van der Waals surface area contributed by atoms with E-state index in [4.69, 9.17) is 10.4 Å². The second kappa shape index (κ2) is 13.5. The first-order chi connectivity index (χ1) is 24.7. The summed E-state index contributed by atoms with van der Waals surface area (Å²) in [6.45, 7) is 3.80. The minimum Gasteiger partial charge on any atom is -0.359 e. The smallest absolute Gasteiger partial charge is 0.134 e. The van der Waals surface area contributed by atoms with Crippen molar-refractivity contribution in [2.24, 2.45) is 4.99 Å². The third-order valence-electron chi connectivity index (χ3n) is 9.42. The van der Waals surface area contributed by atoms with E-state index in [2.05, 4.69) is 164 Å². The molecule has 7 aromatic carbocycles. The third-order valence-corrected chi connectivity index (χ3v) is 9.42. The molecule has 0 saturated carbocycles. The average molecular weight is 642 g/mol. The number of hydrogen-bond donors (Lipinski definition) is 2. The monoisotopic (exact) mass is 641 g/mol. The molecular formula is C47H35N3. The van der Waals surface area contributed by atoms with E-state index in [0.717, 1.165) is 44.9 Å². The van der Waals surface area contributed by atoms with Gasteiger partial charge in [0.15, 0.2) is 0 Å². The van der Waals surface area contributed by atoms with E-state index in [1.165, 1.54) is 44.4 Å². The first-order valence-corrected chi connectivity index (χ1v) is 16.9. The van der Waals surface area contributed by atoms with Gasteiger partial charge in [0.2, 0.25) is 0 Å². The van der Waals surface area contributed by atoms with Crippen molar-refractivity contribution in [2.45, 2.75) is 6.04 Å². The van der Waals surface area contributed by atoms with E-state index in [1.54, 1.807) is 6.08 Å². The predicted molar refractivity (Wildman–Crippen MR) is 213 cm³/mol. The summed E-state index contributed by atoms with van der Waals surface area (Å²) in [5.74, 6) is 0.823. The lowest BCUT2D eigenvalue weighted by atomic mass is 9.94. The van der Waals surface area contributed by atoms with Crippen molar-refractivity contribution < 1.29 is 0 Å². The summed E-state index contributed by atoms with van der Waals surface area (Å²) in [7, 11) is 0. The first-order valence-electron chi connectivity index (χ1n) is 16.9. The molecule has 1 unspecified atom stereocenters. The van der Waals surface area contributed by atoms with Crippen LogP contribution < -0.4 is 5.32 Å². The molecular weight excluding hydrogens is 607 g/mol. The van der Waals surface area contributed by atoms with Crippen LogP contribution in [0, 0.1) is 5.41 Å². The van der Waals surface area contributed by atoms with Gasteiger partial charge in [0.05, 0.1) is 11.7 Å². The van der Waals surface area contributed by atoms with Crippen LogP contribution in [0.1, 0.15) is 28.3 Å². The Bertz CT molecular complexity index is 2470. The highest BCUT2D eigenvalue weighted by Crippen LogP contribution is 2.34. The summed E-state index contributed by atoms with van der Waals surface area (Å²) in [6.07, 6.45) is 7.13. The zero-order chi connectivity index (χ0) is 33.9. The van der Waals surface area contributed by atoms with Gasteiger partial charge in [-0.2, -0.15) is 0 Å². The standard InChI is InChI=1S/C47H35N3/c1-2-10-40(31-48)32-21-25-36(26-22-32)45-30-46(37-27-23-35(24-28-37)43-19-8-13-33-11-3-5-17-41(33)43)50-47(49-45)39-16-7-15-38(29-39)44-20-9-14-34-12-4-6-18-42(34)44/h2-31,46,48H,1H2,(H,49,50)/b40-10+,48-31?. The van der Waals surface area contributed by atoms with E-state index in [9.17, 15) is 0 Å². The molecule has 0 aliphatic carbocycles. The van der Waals surface area contributed by atoms with Crippen molar-refractivity contribution in [1.29, 1.82) is 5.41 Å². The highest BCUT2D eigenvalue weighted by molar-refractivity contribution is 6.09. The maximum absolute atomic E-state index is 7.84.